The van der Waals surface area contributed by atoms with E-state index >= 15 is 0 Å². The van der Waals surface area contributed by atoms with Gasteiger partial charge in [0.1, 0.15) is 0 Å². The molecule has 0 radical (unpaired) electrons. The zero-order valence-electron chi connectivity index (χ0n) is 12.2. The Kier molecular flexibility index (Phi) is 4.33. The smallest absolute Gasteiger partial charge is 0.0542 e. The third-order valence-corrected chi connectivity index (χ3v) is 3.45. The van der Waals surface area contributed by atoms with Crippen molar-refractivity contribution < 1.29 is 0 Å². The van der Waals surface area contributed by atoms with Crippen LogP contribution in [0.5, 0.6) is 0 Å². The lowest BCUT2D eigenvalue weighted by molar-refractivity contribution is 0.565. The molecule has 0 fully saturated rings. The van der Waals surface area contributed by atoms with Gasteiger partial charge in [0.05, 0.1) is 5.69 Å². The topological polar surface area (TPSA) is 24.9 Å². The molecule has 100 valence electrons. The van der Waals surface area contributed by atoms with Crippen molar-refractivity contribution in [1.82, 2.24) is 10.3 Å². The fourth-order valence-electron chi connectivity index (χ4n) is 2.28. The lowest BCUT2D eigenvalue weighted by Gasteiger charge is -2.17. The number of benzene rings is 1. The maximum atomic E-state index is 4.42. The zero-order chi connectivity index (χ0) is 13.8. The fraction of sp³-hybridized carbons (Fsp3) is 0.353. The summed E-state index contributed by atoms with van der Waals surface area (Å²) in [5.74, 6) is 0. The monoisotopic (exact) mass is 254 g/mol. The molecule has 2 aromatic rings. The van der Waals surface area contributed by atoms with Gasteiger partial charge in [-0.05, 0) is 50.5 Å². The summed E-state index contributed by atoms with van der Waals surface area (Å²) in [6, 6.07) is 11.1. The molecular formula is C17H22N2. The predicted molar refractivity (Wildman–Crippen MR) is 80.1 cm³/mol. The Morgan fingerprint density at radius 3 is 2.42 bits per heavy atom. The number of nitrogens with one attached hydrogen (secondary N) is 1. The fourth-order valence-corrected chi connectivity index (χ4v) is 2.28. The van der Waals surface area contributed by atoms with Crippen molar-refractivity contribution in [2.24, 2.45) is 0 Å². The van der Waals surface area contributed by atoms with Crippen molar-refractivity contribution in [1.29, 1.82) is 0 Å². The first-order chi connectivity index (χ1) is 9.06. The second-order valence-corrected chi connectivity index (χ2v) is 5.29. The van der Waals surface area contributed by atoms with Gasteiger partial charge in [-0.2, -0.15) is 0 Å². The minimum absolute atomic E-state index is 0.337. The highest BCUT2D eigenvalue weighted by molar-refractivity contribution is 5.32. The average Bonchev–Trinajstić information content (AvgIpc) is 2.37. The summed E-state index contributed by atoms with van der Waals surface area (Å²) in [5.41, 5.74) is 6.30. The molecule has 0 spiro atoms. The Hall–Kier alpha value is -1.67. The number of hydrogen-bond acceptors (Lipinski definition) is 2. The van der Waals surface area contributed by atoms with Gasteiger partial charge in [0, 0.05) is 18.8 Å². The second-order valence-electron chi connectivity index (χ2n) is 5.29. The number of rotatable bonds is 4. The minimum atomic E-state index is 0.337. The van der Waals surface area contributed by atoms with E-state index in [9.17, 15) is 0 Å². The first kappa shape index (κ1) is 13.8. The molecule has 2 heteroatoms. The van der Waals surface area contributed by atoms with Gasteiger partial charge in [-0.3, -0.25) is 4.98 Å². The maximum absolute atomic E-state index is 4.42. The highest BCUT2D eigenvalue weighted by atomic mass is 14.9. The Balaban J connectivity index is 2.01. The molecular weight excluding hydrogens is 232 g/mol. The van der Waals surface area contributed by atoms with E-state index in [4.69, 9.17) is 0 Å². The van der Waals surface area contributed by atoms with Gasteiger partial charge in [-0.25, -0.2) is 0 Å². The van der Waals surface area contributed by atoms with E-state index in [1.165, 1.54) is 22.3 Å². The number of nitrogens with zero attached hydrogens (tertiary/aromatic N) is 1. The lowest BCUT2D eigenvalue weighted by atomic mass is 10.0. The molecule has 1 heterocycles. The van der Waals surface area contributed by atoms with Crippen LogP contribution in [0.1, 0.15) is 40.9 Å². The van der Waals surface area contributed by atoms with Crippen LogP contribution in [0.4, 0.5) is 0 Å². The van der Waals surface area contributed by atoms with E-state index in [2.05, 4.69) is 68.3 Å². The predicted octanol–water partition coefficient (Wildman–Crippen LogP) is 3.86. The Bertz CT molecular complexity index is 544. The van der Waals surface area contributed by atoms with Crippen LogP contribution in [0, 0.1) is 20.8 Å². The van der Waals surface area contributed by atoms with Crippen LogP contribution >= 0.6 is 0 Å². The van der Waals surface area contributed by atoms with Gasteiger partial charge < -0.3 is 5.32 Å². The maximum Gasteiger partial charge on any atom is 0.0542 e. The van der Waals surface area contributed by atoms with Gasteiger partial charge in [0.25, 0.3) is 0 Å². The number of aryl methyl sites for hydroxylation is 3. The molecule has 0 amide bonds. The molecule has 2 nitrogen and oxygen atoms in total. The summed E-state index contributed by atoms with van der Waals surface area (Å²) in [6.07, 6.45) is 1.92. The van der Waals surface area contributed by atoms with Gasteiger partial charge in [-0.15, -0.1) is 0 Å². The highest BCUT2D eigenvalue weighted by Crippen LogP contribution is 2.18. The molecule has 0 bridgehead atoms. The van der Waals surface area contributed by atoms with E-state index in [0.717, 1.165) is 12.2 Å². The summed E-state index contributed by atoms with van der Waals surface area (Å²) < 4.78 is 0. The number of aromatic nitrogens is 1. The van der Waals surface area contributed by atoms with Crippen molar-refractivity contribution in [2.75, 3.05) is 0 Å². The van der Waals surface area contributed by atoms with Gasteiger partial charge in [0.2, 0.25) is 0 Å². The highest BCUT2D eigenvalue weighted by Gasteiger charge is 2.08. The summed E-state index contributed by atoms with van der Waals surface area (Å²) in [7, 11) is 0. The second kappa shape index (κ2) is 5.98. The third kappa shape index (κ3) is 3.65. The largest absolute Gasteiger partial charge is 0.305 e. The Morgan fingerprint density at radius 1 is 1.05 bits per heavy atom. The van der Waals surface area contributed by atoms with Crippen LogP contribution < -0.4 is 5.32 Å². The standard InChI is InChI=1S/C17H22N2/c1-12-6-8-17(14(3)9-12)15(4)18-11-16-7-5-13(2)10-19-16/h5-10,15,18H,11H2,1-4H3. The molecule has 0 saturated heterocycles. The van der Waals surface area contributed by atoms with E-state index in [1.54, 1.807) is 0 Å². The third-order valence-electron chi connectivity index (χ3n) is 3.45. The van der Waals surface area contributed by atoms with Crippen LogP contribution in [0.15, 0.2) is 36.5 Å². The van der Waals surface area contributed by atoms with Crippen molar-refractivity contribution >= 4 is 0 Å². The first-order valence-electron chi connectivity index (χ1n) is 6.78. The summed E-state index contributed by atoms with van der Waals surface area (Å²) in [5, 5.41) is 3.53. The van der Waals surface area contributed by atoms with E-state index in [0.29, 0.717) is 6.04 Å². The molecule has 1 aromatic heterocycles. The molecule has 2 rings (SSSR count). The van der Waals surface area contributed by atoms with Crippen LogP contribution in [-0.4, -0.2) is 4.98 Å². The lowest BCUT2D eigenvalue weighted by Crippen LogP contribution is -2.19. The quantitative estimate of drug-likeness (QED) is 0.896. The van der Waals surface area contributed by atoms with Crippen LogP contribution in [-0.2, 0) is 6.54 Å². The SMILES string of the molecule is Cc1ccc(CNC(C)c2ccc(C)cc2C)nc1. The van der Waals surface area contributed by atoms with Crippen molar-refractivity contribution in [3.63, 3.8) is 0 Å². The molecule has 19 heavy (non-hydrogen) atoms. The van der Waals surface area contributed by atoms with Crippen molar-refractivity contribution in [3.8, 4) is 0 Å². The Labute approximate surface area is 115 Å². The molecule has 1 atom stereocenters. The van der Waals surface area contributed by atoms with E-state index in [1.807, 2.05) is 6.20 Å². The number of pyridine rings is 1. The van der Waals surface area contributed by atoms with E-state index < -0.39 is 0 Å². The molecule has 0 aliphatic carbocycles. The molecule has 0 aliphatic heterocycles. The van der Waals surface area contributed by atoms with Gasteiger partial charge >= 0.3 is 0 Å². The average molecular weight is 254 g/mol. The summed E-state index contributed by atoms with van der Waals surface area (Å²) in [4.78, 5) is 4.42. The molecule has 1 aromatic carbocycles. The number of hydrogen-bond donors (Lipinski definition) is 1. The van der Waals surface area contributed by atoms with Crippen LogP contribution in [0.25, 0.3) is 0 Å². The first-order valence-corrected chi connectivity index (χ1v) is 6.78. The molecule has 1 N–H and O–H groups in total. The minimum Gasteiger partial charge on any atom is -0.305 e. The molecule has 0 aliphatic rings. The summed E-state index contributed by atoms with van der Waals surface area (Å²) in [6.45, 7) is 9.36. The van der Waals surface area contributed by atoms with E-state index in [-0.39, 0.29) is 0 Å². The molecule has 1 unspecified atom stereocenters. The van der Waals surface area contributed by atoms with Crippen LogP contribution in [0.2, 0.25) is 0 Å². The summed E-state index contributed by atoms with van der Waals surface area (Å²) >= 11 is 0. The van der Waals surface area contributed by atoms with Crippen molar-refractivity contribution in [2.45, 2.75) is 40.3 Å². The van der Waals surface area contributed by atoms with Crippen molar-refractivity contribution in [3.05, 3.63) is 64.5 Å². The normalized spacial score (nSPS) is 12.4. The van der Waals surface area contributed by atoms with Gasteiger partial charge in [-0.1, -0.05) is 29.8 Å². The Morgan fingerprint density at radius 2 is 1.79 bits per heavy atom. The van der Waals surface area contributed by atoms with Gasteiger partial charge in [0.15, 0.2) is 0 Å². The van der Waals surface area contributed by atoms with Crippen LogP contribution in [0.3, 0.4) is 0 Å². The zero-order valence-corrected chi connectivity index (χ0v) is 12.2. The molecule has 0 saturated carbocycles.